The second kappa shape index (κ2) is 20.0. The van der Waals surface area contributed by atoms with Crippen molar-refractivity contribution in [1.29, 1.82) is 5.41 Å². The van der Waals surface area contributed by atoms with E-state index in [1.165, 1.54) is 0 Å². The largest absolute Gasteiger partial charge is 0.460 e. The van der Waals surface area contributed by atoms with Crippen LogP contribution in [0.3, 0.4) is 0 Å². The first kappa shape index (κ1) is 41.8. The number of carbonyl (C=O) groups is 5. The maximum atomic E-state index is 13.0. The van der Waals surface area contributed by atoms with Crippen molar-refractivity contribution in [2.24, 2.45) is 0 Å². The summed E-state index contributed by atoms with van der Waals surface area (Å²) in [6.45, 7) is 17.7. The van der Waals surface area contributed by atoms with Gasteiger partial charge in [-0.05, 0) is 114 Å². The molecule has 0 radical (unpaired) electrons. The van der Waals surface area contributed by atoms with Crippen LogP contribution in [0.15, 0.2) is 0 Å². The Morgan fingerprint density at radius 3 is 1.53 bits per heavy atom. The van der Waals surface area contributed by atoms with Gasteiger partial charge in [0.15, 0.2) is 0 Å². The van der Waals surface area contributed by atoms with Crippen LogP contribution in [-0.2, 0) is 33.4 Å². The second-order valence-electron chi connectivity index (χ2n) is 14.5. The molecule has 0 rings (SSSR count). The Labute approximate surface area is 270 Å². The fraction of sp³-hybridized carbons (Fsp3) is 0.818. The predicted molar refractivity (Wildman–Crippen MR) is 174 cm³/mol. The van der Waals surface area contributed by atoms with E-state index in [4.69, 9.17) is 19.6 Å². The van der Waals surface area contributed by atoms with Gasteiger partial charge in [0.05, 0.1) is 0 Å². The van der Waals surface area contributed by atoms with Gasteiger partial charge in [-0.1, -0.05) is 12.8 Å². The molecule has 4 N–H and O–H groups in total. The molecule has 0 fully saturated rings. The summed E-state index contributed by atoms with van der Waals surface area (Å²) in [5.74, 6) is -1.89. The Morgan fingerprint density at radius 2 is 1.07 bits per heavy atom. The molecule has 0 spiro atoms. The molecule has 12 nitrogen and oxygen atoms in total. The molecule has 0 aromatic heterocycles. The summed E-state index contributed by atoms with van der Waals surface area (Å²) in [6, 6.07) is -2.95. The third kappa shape index (κ3) is 24.8. The average molecular weight is 641 g/mol. The molecule has 0 bridgehead atoms. The zero-order chi connectivity index (χ0) is 34.8. The summed E-state index contributed by atoms with van der Waals surface area (Å²) in [5.41, 5.74) is -1.63. The Balaban J connectivity index is 5.12. The minimum Gasteiger partial charge on any atom is -0.460 e. The SMILES string of the molecule is CC(=N)CCCCCCC(=O)NCCCCC(NC(=O)NC(CCC(=O)OC(C)(C)C)C(=O)OC(C)(C)C)C(=O)OC(C)(C)C. The van der Waals surface area contributed by atoms with Gasteiger partial charge >= 0.3 is 23.9 Å². The third-order valence-electron chi connectivity index (χ3n) is 6.00. The van der Waals surface area contributed by atoms with Crippen molar-refractivity contribution in [3.63, 3.8) is 0 Å². The van der Waals surface area contributed by atoms with Crippen LogP contribution in [0.2, 0.25) is 0 Å². The molecule has 3 amide bonds. The fourth-order valence-corrected chi connectivity index (χ4v) is 4.08. The van der Waals surface area contributed by atoms with Gasteiger partial charge in [0, 0.05) is 25.1 Å². The van der Waals surface area contributed by atoms with Gasteiger partial charge < -0.3 is 35.6 Å². The summed E-state index contributed by atoms with van der Waals surface area (Å²) >= 11 is 0. The zero-order valence-corrected chi connectivity index (χ0v) is 29.4. The summed E-state index contributed by atoms with van der Waals surface area (Å²) in [5, 5.41) is 15.5. The predicted octanol–water partition coefficient (Wildman–Crippen LogP) is 5.49. The Hall–Kier alpha value is -3.18. The van der Waals surface area contributed by atoms with Crippen molar-refractivity contribution in [3.05, 3.63) is 0 Å². The number of hydrogen-bond acceptors (Lipinski definition) is 9. The van der Waals surface area contributed by atoms with E-state index in [1.807, 2.05) is 0 Å². The number of rotatable bonds is 19. The minimum absolute atomic E-state index is 0.0287. The normalized spacial score (nSPS) is 13.2. The van der Waals surface area contributed by atoms with Crippen molar-refractivity contribution >= 4 is 35.6 Å². The standard InChI is InChI=1S/C33H60N4O8/c1-23(34)17-13-11-12-14-19-26(38)35-22-16-15-18-24(28(40)44-32(5,6)7)36-30(42)37-25(29(41)45-33(8,9)10)20-21-27(39)43-31(2,3)4/h24-25,34H,11-22H2,1-10H3,(H,35,38)(H2,36,37,42). The van der Waals surface area contributed by atoms with E-state index < -0.39 is 52.8 Å². The lowest BCUT2D eigenvalue weighted by Crippen LogP contribution is -2.53. The highest BCUT2D eigenvalue weighted by Gasteiger charge is 2.31. The van der Waals surface area contributed by atoms with Gasteiger partial charge in [0.2, 0.25) is 5.91 Å². The summed E-state index contributed by atoms with van der Waals surface area (Å²) in [6.07, 6.45) is 6.11. The minimum atomic E-state index is -1.16. The lowest BCUT2D eigenvalue weighted by molar-refractivity contribution is -0.159. The molecule has 0 aromatic rings. The summed E-state index contributed by atoms with van der Waals surface area (Å²) < 4.78 is 16.3. The van der Waals surface area contributed by atoms with Crippen molar-refractivity contribution in [2.75, 3.05) is 6.54 Å². The van der Waals surface area contributed by atoms with E-state index >= 15 is 0 Å². The van der Waals surface area contributed by atoms with Crippen LogP contribution in [0.1, 0.15) is 140 Å². The van der Waals surface area contributed by atoms with Crippen LogP contribution in [0.4, 0.5) is 4.79 Å². The number of unbranched alkanes of at least 4 members (excludes halogenated alkanes) is 4. The number of hydrogen-bond donors (Lipinski definition) is 4. The lowest BCUT2D eigenvalue weighted by atomic mass is 10.1. The number of ether oxygens (including phenoxy) is 3. The quantitative estimate of drug-likeness (QED) is 0.0620. The third-order valence-corrected chi connectivity index (χ3v) is 6.00. The van der Waals surface area contributed by atoms with Crippen LogP contribution < -0.4 is 16.0 Å². The van der Waals surface area contributed by atoms with E-state index in [1.54, 1.807) is 69.2 Å². The molecular formula is C33H60N4O8. The van der Waals surface area contributed by atoms with Crippen LogP contribution >= 0.6 is 0 Å². The van der Waals surface area contributed by atoms with Crippen molar-refractivity contribution < 1.29 is 38.2 Å². The molecule has 0 saturated carbocycles. The molecule has 2 unspecified atom stereocenters. The van der Waals surface area contributed by atoms with E-state index in [-0.39, 0.29) is 25.2 Å². The van der Waals surface area contributed by atoms with Gasteiger partial charge in [-0.3, -0.25) is 9.59 Å². The lowest BCUT2D eigenvalue weighted by Gasteiger charge is -2.27. The van der Waals surface area contributed by atoms with Crippen molar-refractivity contribution in [3.8, 4) is 0 Å². The average Bonchev–Trinajstić information content (AvgIpc) is 2.84. The van der Waals surface area contributed by atoms with Gasteiger partial charge in [-0.25, -0.2) is 14.4 Å². The second-order valence-corrected chi connectivity index (χ2v) is 14.5. The molecule has 0 aromatic carbocycles. The molecule has 2 atom stereocenters. The molecule has 0 aliphatic carbocycles. The Morgan fingerprint density at radius 1 is 0.600 bits per heavy atom. The van der Waals surface area contributed by atoms with Crippen LogP contribution in [0.25, 0.3) is 0 Å². The van der Waals surface area contributed by atoms with E-state index in [2.05, 4.69) is 16.0 Å². The number of carbonyl (C=O) groups excluding carboxylic acids is 5. The van der Waals surface area contributed by atoms with E-state index in [0.29, 0.717) is 31.5 Å². The molecule has 0 saturated heterocycles. The molecule has 0 heterocycles. The highest BCUT2D eigenvalue weighted by molar-refractivity contribution is 5.87. The molecule has 0 aliphatic heterocycles. The molecule has 260 valence electrons. The van der Waals surface area contributed by atoms with Gasteiger partial charge in [0.25, 0.3) is 0 Å². The number of nitrogens with one attached hydrogen (secondary N) is 4. The fourth-order valence-electron chi connectivity index (χ4n) is 4.08. The number of urea groups is 1. The first-order valence-corrected chi connectivity index (χ1v) is 16.1. The Kier molecular flexibility index (Phi) is 18.6. The van der Waals surface area contributed by atoms with Gasteiger partial charge in [-0.2, -0.15) is 0 Å². The first-order valence-electron chi connectivity index (χ1n) is 16.1. The summed E-state index contributed by atoms with van der Waals surface area (Å²) in [4.78, 5) is 63.3. The highest BCUT2D eigenvalue weighted by atomic mass is 16.6. The number of esters is 3. The van der Waals surface area contributed by atoms with Gasteiger partial charge in [0.1, 0.15) is 28.9 Å². The zero-order valence-electron chi connectivity index (χ0n) is 29.4. The maximum Gasteiger partial charge on any atom is 0.329 e. The van der Waals surface area contributed by atoms with E-state index in [0.717, 1.165) is 32.1 Å². The van der Waals surface area contributed by atoms with Crippen LogP contribution in [0, 0.1) is 5.41 Å². The van der Waals surface area contributed by atoms with Gasteiger partial charge in [-0.15, -0.1) is 0 Å². The first-order chi connectivity index (χ1) is 20.6. The highest BCUT2D eigenvalue weighted by Crippen LogP contribution is 2.15. The molecular weight excluding hydrogens is 580 g/mol. The molecule has 0 aliphatic rings. The summed E-state index contributed by atoms with van der Waals surface area (Å²) in [7, 11) is 0. The van der Waals surface area contributed by atoms with Crippen molar-refractivity contribution in [1.82, 2.24) is 16.0 Å². The molecule has 45 heavy (non-hydrogen) atoms. The molecule has 12 heteroatoms. The number of amides is 3. The van der Waals surface area contributed by atoms with E-state index in [9.17, 15) is 24.0 Å². The van der Waals surface area contributed by atoms with Crippen molar-refractivity contribution in [2.45, 2.75) is 169 Å². The monoisotopic (exact) mass is 640 g/mol. The maximum absolute atomic E-state index is 13.0. The van der Waals surface area contributed by atoms with Crippen LogP contribution in [-0.4, -0.2) is 71.0 Å². The topological polar surface area (TPSA) is 173 Å². The smallest absolute Gasteiger partial charge is 0.329 e. The van der Waals surface area contributed by atoms with Crippen LogP contribution in [0.5, 0.6) is 0 Å². The Bertz CT molecular complexity index is 977.